The quantitative estimate of drug-likeness (QED) is 0.783. The van der Waals surface area contributed by atoms with Crippen molar-refractivity contribution in [3.05, 3.63) is 54.6 Å². The van der Waals surface area contributed by atoms with Crippen LogP contribution in [-0.2, 0) is 11.3 Å². The zero-order valence-electron chi connectivity index (χ0n) is 11.7. The number of methoxy groups -OCH3 is 1. The van der Waals surface area contributed by atoms with Crippen molar-refractivity contribution >= 4 is 22.5 Å². The average molecular weight is 284 g/mol. The third-order valence-corrected chi connectivity index (χ3v) is 3.31. The summed E-state index contributed by atoms with van der Waals surface area (Å²) in [5.74, 6) is 0.0472. The average Bonchev–Trinajstić information content (AvgIpc) is 3.14. The minimum Gasteiger partial charge on any atom is -0.459 e. The predicted molar refractivity (Wildman–Crippen MR) is 80.5 cm³/mol. The molecular formula is C16H16N2O3. The summed E-state index contributed by atoms with van der Waals surface area (Å²) in [5, 5.41) is 3.89. The molecule has 0 unspecified atom stereocenters. The Morgan fingerprint density at radius 2 is 2.24 bits per heavy atom. The molecule has 0 bridgehead atoms. The molecule has 2 heterocycles. The second kappa shape index (κ2) is 5.85. The minimum atomic E-state index is -0.252. The highest BCUT2D eigenvalue weighted by atomic mass is 16.5. The Morgan fingerprint density at radius 1 is 1.33 bits per heavy atom. The van der Waals surface area contributed by atoms with E-state index in [1.54, 1.807) is 19.2 Å². The number of carbonyl (C=O) groups is 1. The lowest BCUT2D eigenvalue weighted by atomic mass is 10.2. The number of hydrogen-bond donors (Lipinski definition) is 1. The summed E-state index contributed by atoms with van der Waals surface area (Å²) < 4.78 is 12.3. The van der Waals surface area contributed by atoms with E-state index in [1.807, 2.05) is 30.5 Å². The van der Waals surface area contributed by atoms with Crippen LogP contribution < -0.4 is 5.32 Å². The first-order valence-corrected chi connectivity index (χ1v) is 6.70. The van der Waals surface area contributed by atoms with Crippen LogP contribution in [0.15, 0.2) is 53.3 Å². The first-order chi connectivity index (χ1) is 10.3. The van der Waals surface area contributed by atoms with Gasteiger partial charge in [-0.25, -0.2) is 0 Å². The van der Waals surface area contributed by atoms with Crippen molar-refractivity contribution < 1.29 is 13.9 Å². The summed E-state index contributed by atoms with van der Waals surface area (Å²) in [6.45, 7) is 1.47. The molecule has 1 amide bonds. The number of carbonyl (C=O) groups excluding carboxylic acids is 1. The molecule has 0 spiro atoms. The highest BCUT2D eigenvalue weighted by Crippen LogP contribution is 2.21. The topological polar surface area (TPSA) is 56.4 Å². The number of benzene rings is 1. The van der Waals surface area contributed by atoms with E-state index >= 15 is 0 Å². The lowest BCUT2D eigenvalue weighted by Crippen LogP contribution is -2.10. The van der Waals surface area contributed by atoms with Gasteiger partial charge in [0.25, 0.3) is 5.91 Å². The fraction of sp³-hybridized carbons (Fsp3) is 0.188. The summed E-state index contributed by atoms with van der Waals surface area (Å²) in [7, 11) is 1.69. The molecule has 0 aliphatic heterocycles. The zero-order chi connectivity index (χ0) is 14.7. The van der Waals surface area contributed by atoms with Gasteiger partial charge in [0, 0.05) is 36.4 Å². The summed E-state index contributed by atoms with van der Waals surface area (Å²) in [5.41, 5.74) is 1.86. The SMILES string of the molecule is COCCn1ccc2cc(NC(=O)c3ccco3)ccc21. The van der Waals surface area contributed by atoms with Crippen molar-refractivity contribution in [1.82, 2.24) is 4.57 Å². The Labute approximate surface area is 122 Å². The van der Waals surface area contributed by atoms with Gasteiger partial charge in [-0.3, -0.25) is 4.79 Å². The molecule has 0 fully saturated rings. The van der Waals surface area contributed by atoms with Gasteiger partial charge in [-0.05, 0) is 36.4 Å². The molecule has 0 aliphatic carbocycles. The number of ether oxygens (including phenoxy) is 1. The minimum absolute atomic E-state index is 0.252. The molecule has 0 radical (unpaired) electrons. The molecule has 0 atom stereocenters. The Kier molecular flexibility index (Phi) is 3.75. The van der Waals surface area contributed by atoms with Crippen molar-refractivity contribution in [2.75, 3.05) is 19.0 Å². The molecule has 5 heteroatoms. The molecule has 3 aromatic rings. The molecule has 21 heavy (non-hydrogen) atoms. The Bertz CT molecular complexity index is 744. The Hall–Kier alpha value is -2.53. The highest BCUT2D eigenvalue weighted by Gasteiger charge is 2.09. The second-order valence-corrected chi connectivity index (χ2v) is 4.71. The van der Waals surface area contributed by atoms with Gasteiger partial charge in [-0.1, -0.05) is 0 Å². The van der Waals surface area contributed by atoms with Crippen LogP contribution >= 0.6 is 0 Å². The molecule has 3 rings (SSSR count). The van der Waals surface area contributed by atoms with Crippen molar-refractivity contribution in [3.8, 4) is 0 Å². The molecule has 0 saturated carbocycles. The third kappa shape index (κ3) is 2.83. The first-order valence-electron chi connectivity index (χ1n) is 6.70. The molecule has 5 nitrogen and oxygen atoms in total. The summed E-state index contributed by atoms with van der Waals surface area (Å²) >= 11 is 0. The van der Waals surface area contributed by atoms with Gasteiger partial charge in [-0.15, -0.1) is 0 Å². The maximum absolute atomic E-state index is 11.9. The third-order valence-electron chi connectivity index (χ3n) is 3.31. The molecule has 1 aromatic carbocycles. The van der Waals surface area contributed by atoms with Crippen LogP contribution in [0.4, 0.5) is 5.69 Å². The van der Waals surface area contributed by atoms with Crippen LogP contribution in [0.25, 0.3) is 10.9 Å². The number of aromatic nitrogens is 1. The van der Waals surface area contributed by atoms with Gasteiger partial charge in [0.1, 0.15) is 0 Å². The number of anilines is 1. The van der Waals surface area contributed by atoms with Crippen LogP contribution in [0.1, 0.15) is 10.6 Å². The number of amides is 1. The number of nitrogens with zero attached hydrogens (tertiary/aromatic N) is 1. The number of fused-ring (bicyclic) bond motifs is 1. The molecule has 1 N–H and O–H groups in total. The van der Waals surface area contributed by atoms with Gasteiger partial charge in [0.05, 0.1) is 12.9 Å². The van der Waals surface area contributed by atoms with Crippen LogP contribution in [0, 0.1) is 0 Å². The largest absolute Gasteiger partial charge is 0.459 e. The number of hydrogen-bond acceptors (Lipinski definition) is 3. The van der Waals surface area contributed by atoms with E-state index in [4.69, 9.17) is 9.15 Å². The Balaban J connectivity index is 1.80. The van der Waals surface area contributed by atoms with Crippen LogP contribution in [-0.4, -0.2) is 24.2 Å². The normalized spacial score (nSPS) is 10.9. The maximum atomic E-state index is 11.9. The lowest BCUT2D eigenvalue weighted by Gasteiger charge is -2.06. The van der Waals surface area contributed by atoms with E-state index < -0.39 is 0 Å². The van der Waals surface area contributed by atoms with E-state index in [0.717, 1.165) is 23.1 Å². The van der Waals surface area contributed by atoms with E-state index in [1.165, 1.54) is 6.26 Å². The summed E-state index contributed by atoms with van der Waals surface area (Å²) in [6.07, 6.45) is 3.50. The van der Waals surface area contributed by atoms with E-state index in [0.29, 0.717) is 12.4 Å². The van der Waals surface area contributed by atoms with Gasteiger partial charge < -0.3 is 19.0 Å². The number of rotatable bonds is 5. The molecule has 2 aromatic heterocycles. The van der Waals surface area contributed by atoms with Crippen molar-refractivity contribution in [1.29, 1.82) is 0 Å². The van der Waals surface area contributed by atoms with Crippen LogP contribution in [0.3, 0.4) is 0 Å². The maximum Gasteiger partial charge on any atom is 0.291 e. The molecular weight excluding hydrogens is 268 g/mol. The van der Waals surface area contributed by atoms with Gasteiger partial charge >= 0.3 is 0 Å². The van der Waals surface area contributed by atoms with E-state index in [2.05, 4.69) is 9.88 Å². The lowest BCUT2D eigenvalue weighted by molar-refractivity contribution is 0.0996. The molecule has 108 valence electrons. The fourth-order valence-electron chi connectivity index (χ4n) is 2.26. The first kappa shape index (κ1) is 13.5. The van der Waals surface area contributed by atoms with Crippen molar-refractivity contribution in [2.24, 2.45) is 0 Å². The number of furan rings is 1. The monoisotopic (exact) mass is 284 g/mol. The zero-order valence-corrected chi connectivity index (χ0v) is 11.7. The van der Waals surface area contributed by atoms with Crippen LogP contribution in [0.2, 0.25) is 0 Å². The molecule has 0 aliphatic rings. The van der Waals surface area contributed by atoms with Crippen molar-refractivity contribution in [2.45, 2.75) is 6.54 Å². The van der Waals surface area contributed by atoms with E-state index in [-0.39, 0.29) is 5.91 Å². The standard InChI is InChI=1S/C16H16N2O3/c1-20-10-8-18-7-6-12-11-13(4-5-14(12)18)17-16(19)15-3-2-9-21-15/h2-7,9,11H,8,10H2,1H3,(H,17,19). The van der Waals surface area contributed by atoms with Gasteiger partial charge in [0.2, 0.25) is 0 Å². The second-order valence-electron chi connectivity index (χ2n) is 4.71. The molecule has 0 saturated heterocycles. The predicted octanol–water partition coefficient (Wildman–Crippen LogP) is 3.13. The van der Waals surface area contributed by atoms with Gasteiger partial charge in [0.15, 0.2) is 5.76 Å². The van der Waals surface area contributed by atoms with Crippen LogP contribution in [0.5, 0.6) is 0 Å². The van der Waals surface area contributed by atoms with E-state index in [9.17, 15) is 4.79 Å². The highest BCUT2D eigenvalue weighted by molar-refractivity contribution is 6.03. The smallest absolute Gasteiger partial charge is 0.291 e. The summed E-state index contributed by atoms with van der Waals surface area (Å²) in [4.78, 5) is 11.9. The summed E-state index contributed by atoms with van der Waals surface area (Å²) in [6, 6.07) is 11.2. The van der Waals surface area contributed by atoms with Gasteiger partial charge in [-0.2, -0.15) is 0 Å². The number of nitrogens with one attached hydrogen (secondary N) is 1. The fourth-order valence-corrected chi connectivity index (χ4v) is 2.26. The van der Waals surface area contributed by atoms with Crippen molar-refractivity contribution in [3.63, 3.8) is 0 Å². The Morgan fingerprint density at radius 3 is 3.00 bits per heavy atom.